The molecule has 154 valence electrons. The molecule has 1 heterocycles. The number of rotatable bonds is 8. The minimum absolute atomic E-state index is 0.126. The molecule has 29 heavy (non-hydrogen) atoms. The molecule has 0 atom stereocenters. The molecular weight excluding hydrogens is 372 g/mol. The second kappa shape index (κ2) is 9.73. The van der Waals surface area contributed by atoms with Crippen LogP contribution in [0.1, 0.15) is 35.5 Å². The predicted molar refractivity (Wildman–Crippen MR) is 110 cm³/mol. The normalized spacial score (nSPS) is 10.2. The number of ether oxygens (including phenoxy) is 2. The standard InChI is InChI=1S/C22H26N2O5/c1-6-28-21(26)17(22(27)29-7-2)13-24(5)18-14-23(4)15(3)19(18)20(25)16-11-9-8-10-12-16/h8-14H,6-7H2,1-5H3. The van der Waals surface area contributed by atoms with E-state index in [0.717, 1.165) is 5.69 Å². The molecule has 1 aromatic carbocycles. The van der Waals surface area contributed by atoms with Crippen molar-refractivity contribution in [2.45, 2.75) is 20.8 Å². The summed E-state index contributed by atoms with van der Waals surface area (Å²) in [6, 6.07) is 8.94. The molecule has 0 unspecified atom stereocenters. The Morgan fingerprint density at radius 3 is 2.10 bits per heavy atom. The van der Waals surface area contributed by atoms with Crippen molar-refractivity contribution in [1.82, 2.24) is 4.57 Å². The van der Waals surface area contributed by atoms with Gasteiger partial charge in [0.2, 0.25) is 0 Å². The second-order valence-corrected chi connectivity index (χ2v) is 6.38. The summed E-state index contributed by atoms with van der Waals surface area (Å²) in [5.74, 6) is -1.70. The van der Waals surface area contributed by atoms with E-state index in [9.17, 15) is 14.4 Å². The molecule has 0 saturated heterocycles. The van der Waals surface area contributed by atoms with Crippen molar-refractivity contribution in [3.63, 3.8) is 0 Å². The van der Waals surface area contributed by atoms with Gasteiger partial charge in [-0.15, -0.1) is 0 Å². The molecule has 0 bridgehead atoms. The first-order chi connectivity index (χ1) is 13.8. The van der Waals surface area contributed by atoms with Gasteiger partial charge in [0.15, 0.2) is 11.4 Å². The Kier molecular flexibility index (Phi) is 7.36. The zero-order valence-electron chi connectivity index (χ0n) is 17.4. The third-order valence-corrected chi connectivity index (χ3v) is 4.42. The summed E-state index contributed by atoms with van der Waals surface area (Å²) in [4.78, 5) is 39.2. The lowest BCUT2D eigenvalue weighted by molar-refractivity contribution is -0.146. The van der Waals surface area contributed by atoms with Crippen molar-refractivity contribution in [2.75, 3.05) is 25.2 Å². The van der Waals surface area contributed by atoms with Gasteiger partial charge in [-0.1, -0.05) is 30.3 Å². The third kappa shape index (κ3) is 4.93. The van der Waals surface area contributed by atoms with Crippen molar-refractivity contribution in [1.29, 1.82) is 0 Å². The van der Waals surface area contributed by atoms with E-state index >= 15 is 0 Å². The Labute approximate surface area is 170 Å². The van der Waals surface area contributed by atoms with Crippen LogP contribution in [-0.2, 0) is 26.1 Å². The van der Waals surface area contributed by atoms with Gasteiger partial charge < -0.3 is 18.9 Å². The Morgan fingerprint density at radius 1 is 1.03 bits per heavy atom. The van der Waals surface area contributed by atoms with Crippen LogP contribution < -0.4 is 4.90 Å². The molecule has 0 fully saturated rings. The Balaban J connectivity index is 2.51. The molecule has 0 radical (unpaired) electrons. The Bertz CT molecular complexity index is 908. The molecule has 0 spiro atoms. The topological polar surface area (TPSA) is 77.8 Å². The number of carbonyl (C=O) groups is 3. The fraction of sp³-hybridized carbons (Fsp3) is 0.318. The maximum Gasteiger partial charge on any atom is 0.347 e. The highest BCUT2D eigenvalue weighted by Gasteiger charge is 2.25. The van der Waals surface area contributed by atoms with Crippen LogP contribution in [0.2, 0.25) is 0 Å². The van der Waals surface area contributed by atoms with E-state index in [1.54, 1.807) is 56.3 Å². The fourth-order valence-electron chi connectivity index (χ4n) is 2.86. The minimum atomic E-state index is -0.776. The van der Waals surface area contributed by atoms with Gasteiger partial charge in [0.05, 0.1) is 24.5 Å². The number of hydrogen-bond donors (Lipinski definition) is 0. The summed E-state index contributed by atoms with van der Waals surface area (Å²) in [5.41, 5.74) is 2.13. The van der Waals surface area contributed by atoms with Crippen LogP contribution in [0.5, 0.6) is 0 Å². The summed E-state index contributed by atoms with van der Waals surface area (Å²) in [5, 5.41) is 0. The van der Waals surface area contributed by atoms with Gasteiger partial charge in [-0.2, -0.15) is 0 Å². The van der Waals surface area contributed by atoms with E-state index in [4.69, 9.17) is 9.47 Å². The summed E-state index contributed by atoms with van der Waals surface area (Å²) in [7, 11) is 3.49. The number of ketones is 1. The number of aryl methyl sites for hydroxylation is 1. The van der Waals surface area contributed by atoms with Crippen LogP contribution in [0.15, 0.2) is 48.3 Å². The van der Waals surface area contributed by atoms with Gasteiger partial charge in [0.1, 0.15) is 0 Å². The molecule has 7 nitrogen and oxygen atoms in total. The van der Waals surface area contributed by atoms with Gasteiger partial charge in [-0.05, 0) is 20.8 Å². The van der Waals surface area contributed by atoms with Crippen LogP contribution in [0.4, 0.5) is 5.69 Å². The second-order valence-electron chi connectivity index (χ2n) is 6.38. The lowest BCUT2D eigenvalue weighted by Crippen LogP contribution is -2.23. The number of hydrogen-bond acceptors (Lipinski definition) is 6. The highest BCUT2D eigenvalue weighted by molar-refractivity contribution is 6.15. The van der Waals surface area contributed by atoms with Crippen molar-refractivity contribution in [3.8, 4) is 0 Å². The number of aromatic nitrogens is 1. The molecule has 0 aliphatic carbocycles. The van der Waals surface area contributed by atoms with Crippen LogP contribution >= 0.6 is 0 Å². The van der Waals surface area contributed by atoms with E-state index in [2.05, 4.69) is 0 Å². The Hall–Kier alpha value is -3.35. The van der Waals surface area contributed by atoms with E-state index in [-0.39, 0.29) is 24.6 Å². The molecule has 0 aliphatic heterocycles. The largest absolute Gasteiger partial charge is 0.462 e. The number of esters is 2. The smallest absolute Gasteiger partial charge is 0.347 e. The van der Waals surface area contributed by atoms with E-state index in [0.29, 0.717) is 16.8 Å². The van der Waals surface area contributed by atoms with Crippen LogP contribution in [0, 0.1) is 6.92 Å². The highest BCUT2D eigenvalue weighted by Crippen LogP contribution is 2.28. The lowest BCUT2D eigenvalue weighted by Gasteiger charge is -2.17. The van der Waals surface area contributed by atoms with Gasteiger partial charge >= 0.3 is 11.9 Å². The number of nitrogens with zero attached hydrogens (tertiary/aromatic N) is 2. The quantitative estimate of drug-likeness (QED) is 0.224. The van der Waals surface area contributed by atoms with Crippen molar-refractivity contribution < 1.29 is 23.9 Å². The molecule has 2 rings (SSSR count). The highest BCUT2D eigenvalue weighted by atomic mass is 16.6. The summed E-state index contributed by atoms with van der Waals surface area (Å²) in [6.07, 6.45) is 3.11. The predicted octanol–water partition coefficient (Wildman–Crippen LogP) is 3.01. The number of benzene rings is 1. The summed E-state index contributed by atoms with van der Waals surface area (Å²) >= 11 is 0. The monoisotopic (exact) mass is 398 g/mol. The maximum absolute atomic E-state index is 13.1. The van der Waals surface area contributed by atoms with E-state index < -0.39 is 11.9 Å². The number of carbonyl (C=O) groups excluding carboxylic acids is 3. The zero-order valence-corrected chi connectivity index (χ0v) is 17.4. The molecule has 0 saturated carbocycles. The van der Waals surface area contributed by atoms with Gasteiger partial charge in [-0.3, -0.25) is 4.79 Å². The van der Waals surface area contributed by atoms with Crippen LogP contribution in [0.25, 0.3) is 0 Å². The summed E-state index contributed by atoms with van der Waals surface area (Å²) < 4.78 is 11.8. The summed E-state index contributed by atoms with van der Waals surface area (Å²) in [6.45, 7) is 5.40. The first kappa shape index (κ1) is 21.9. The third-order valence-electron chi connectivity index (χ3n) is 4.42. The van der Waals surface area contributed by atoms with Gasteiger partial charge in [0.25, 0.3) is 0 Å². The molecule has 0 amide bonds. The fourth-order valence-corrected chi connectivity index (χ4v) is 2.86. The SMILES string of the molecule is CCOC(=O)C(=CN(C)c1cn(C)c(C)c1C(=O)c1ccccc1)C(=O)OCC. The molecule has 2 aromatic rings. The number of anilines is 1. The van der Waals surface area contributed by atoms with Crippen molar-refractivity contribution in [3.05, 3.63) is 65.1 Å². The van der Waals surface area contributed by atoms with Crippen molar-refractivity contribution >= 4 is 23.4 Å². The molecule has 0 aliphatic rings. The minimum Gasteiger partial charge on any atom is -0.462 e. The first-order valence-corrected chi connectivity index (χ1v) is 9.36. The van der Waals surface area contributed by atoms with E-state index in [1.165, 1.54) is 6.20 Å². The average molecular weight is 398 g/mol. The van der Waals surface area contributed by atoms with Crippen LogP contribution in [0.3, 0.4) is 0 Å². The van der Waals surface area contributed by atoms with E-state index in [1.807, 2.05) is 24.6 Å². The average Bonchev–Trinajstić information content (AvgIpc) is 3.01. The molecule has 1 aromatic heterocycles. The zero-order chi connectivity index (χ0) is 21.6. The van der Waals surface area contributed by atoms with Crippen LogP contribution in [-0.4, -0.2) is 42.6 Å². The van der Waals surface area contributed by atoms with Gasteiger partial charge in [0, 0.05) is 37.7 Å². The van der Waals surface area contributed by atoms with Gasteiger partial charge in [-0.25, -0.2) is 9.59 Å². The first-order valence-electron chi connectivity index (χ1n) is 9.36. The molecule has 0 N–H and O–H groups in total. The molecular formula is C22H26N2O5. The Morgan fingerprint density at radius 2 is 1.59 bits per heavy atom. The molecule has 7 heteroatoms. The maximum atomic E-state index is 13.1. The van der Waals surface area contributed by atoms with Crippen molar-refractivity contribution in [2.24, 2.45) is 7.05 Å². The lowest BCUT2D eigenvalue weighted by atomic mass is 10.0.